The van der Waals surface area contributed by atoms with E-state index in [9.17, 15) is 14.4 Å². The van der Waals surface area contributed by atoms with Crippen molar-refractivity contribution in [2.45, 2.75) is 38.6 Å². The molecule has 4 aromatic rings. The fraction of sp³-hybridized carbons (Fsp3) is 0.269. The summed E-state index contributed by atoms with van der Waals surface area (Å²) < 4.78 is 16.9. The summed E-state index contributed by atoms with van der Waals surface area (Å²) >= 11 is 3.22. The number of Topliss-reactive ketones (excluding diaryl/α,β-unsaturated/α-hetero) is 1. The molecule has 1 saturated heterocycles. The molecule has 3 aromatic heterocycles. The van der Waals surface area contributed by atoms with E-state index in [2.05, 4.69) is 41.3 Å². The number of alkyl halides is 1. The molecule has 0 aliphatic carbocycles. The summed E-state index contributed by atoms with van der Waals surface area (Å²) in [5.74, 6) is -0.757. The Morgan fingerprint density at radius 3 is 2.59 bits per heavy atom. The number of aryl methyl sites for hydroxylation is 1. The third kappa shape index (κ3) is 5.27. The van der Waals surface area contributed by atoms with Crippen molar-refractivity contribution in [3.63, 3.8) is 0 Å². The number of aromatic nitrogens is 5. The van der Waals surface area contributed by atoms with Gasteiger partial charge < -0.3 is 16.0 Å². The molecule has 39 heavy (non-hydrogen) atoms. The van der Waals surface area contributed by atoms with Crippen molar-refractivity contribution in [2.24, 2.45) is 5.73 Å². The van der Waals surface area contributed by atoms with Crippen LogP contribution in [0.2, 0.25) is 0 Å². The van der Waals surface area contributed by atoms with Gasteiger partial charge in [-0.05, 0) is 52.7 Å². The van der Waals surface area contributed by atoms with Gasteiger partial charge in [0.15, 0.2) is 5.78 Å². The lowest BCUT2D eigenvalue weighted by molar-refractivity contribution is -0.138. The monoisotopic (exact) mass is 594 g/mol. The Morgan fingerprint density at radius 1 is 1.15 bits per heavy atom. The highest BCUT2D eigenvalue weighted by molar-refractivity contribution is 9.10. The van der Waals surface area contributed by atoms with Gasteiger partial charge in [-0.1, -0.05) is 12.1 Å². The fourth-order valence-corrected chi connectivity index (χ4v) is 4.91. The highest BCUT2D eigenvalue weighted by Crippen LogP contribution is 2.28. The molecular formula is C26H24BrFN8O3. The molecule has 200 valence electrons. The maximum absolute atomic E-state index is 15.1. The molecule has 3 atom stereocenters. The molecule has 4 heterocycles. The Labute approximate surface area is 230 Å². The van der Waals surface area contributed by atoms with Gasteiger partial charge in [0.05, 0.1) is 11.6 Å². The number of anilines is 1. The van der Waals surface area contributed by atoms with Gasteiger partial charge in [-0.15, -0.1) is 0 Å². The van der Waals surface area contributed by atoms with Crippen molar-refractivity contribution in [1.82, 2.24) is 29.6 Å². The first-order chi connectivity index (χ1) is 18.6. The molecule has 0 radical (unpaired) electrons. The number of hydrogen-bond donors (Lipinski definition) is 2. The number of nitrogens with two attached hydrogens (primary N) is 1. The van der Waals surface area contributed by atoms with Crippen LogP contribution in [0.4, 0.5) is 10.2 Å². The topological polar surface area (TPSA) is 149 Å². The fourth-order valence-electron chi connectivity index (χ4n) is 4.57. The number of carbonyl (C=O) groups excluding carboxylic acids is 3. The SMILES string of the molecule is CC(=O)c1nn(CC(=O)N2C[C@@H](N)[C@H](F)[C@H]2C(=O)Nc2cccc(Br)n2)c2ccc(-c3cnc(C)nc3)cc12. The standard InChI is InChI=1S/C26H24BrFN8O3/c1-13(37)24-17-8-15(16-9-30-14(2)31-10-16)6-7-19(17)36(34-24)12-22(38)35-11-18(29)23(28)25(35)26(39)33-21-5-3-4-20(27)32-21/h3-10,18,23,25H,11-12,29H2,1-2H3,(H,32,33,39)/t18-,23+,25+/m1/s1. The van der Waals surface area contributed by atoms with Crippen LogP contribution in [0.3, 0.4) is 0 Å². The van der Waals surface area contributed by atoms with Gasteiger partial charge in [-0.25, -0.2) is 19.3 Å². The molecule has 1 aliphatic heterocycles. The molecule has 1 aliphatic rings. The number of halogens is 2. The van der Waals surface area contributed by atoms with E-state index >= 15 is 4.39 Å². The average Bonchev–Trinajstić information content (AvgIpc) is 3.41. The molecule has 5 rings (SSSR count). The average molecular weight is 595 g/mol. The van der Waals surface area contributed by atoms with Crippen LogP contribution >= 0.6 is 15.9 Å². The highest BCUT2D eigenvalue weighted by Gasteiger charge is 2.47. The number of rotatable bonds is 6. The summed E-state index contributed by atoms with van der Waals surface area (Å²) in [7, 11) is 0. The van der Waals surface area contributed by atoms with Crippen LogP contribution in [0, 0.1) is 6.92 Å². The normalized spacial score (nSPS) is 18.9. The number of pyridine rings is 1. The van der Waals surface area contributed by atoms with E-state index in [0.29, 0.717) is 21.3 Å². The Kier molecular flexibility index (Phi) is 7.19. The molecule has 3 N–H and O–H groups in total. The van der Waals surface area contributed by atoms with E-state index in [0.717, 1.165) is 16.0 Å². The largest absolute Gasteiger partial charge is 0.324 e. The quantitative estimate of drug-likeness (QED) is 0.255. The predicted octanol–water partition coefficient (Wildman–Crippen LogP) is 2.68. The Hall–Kier alpha value is -4.10. The second-order valence-electron chi connectivity index (χ2n) is 9.25. The van der Waals surface area contributed by atoms with Gasteiger partial charge in [0.25, 0.3) is 5.91 Å². The highest BCUT2D eigenvalue weighted by atomic mass is 79.9. The minimum absolute atomic E-state index is 0.152. The minimum Gasteiger partial charge on any atom is -0.324 e. The summed E-state index contributed by atoms with van der Waals surface area (Å²) in [5.41, 5.74) is 8.16. The minimum atomic E-state index is -1.78. The number of amides is 2. The van der Waals surface area contributed by atoms with Crippen LogP contribution in [0.25, 0.3) is 22.0 Å². The first kappa shape index (κ1) is 26.5. The first-order valence-electron chi connectivity index (χ1n) is 12.1. The molecule has 0 unspecified atom stereocenters. The van der Waals surface area contributed by atoms with Crippen molar-refractivity contribution >= 4 is 50.2 Å². The molecule has 0 saturated carbocycles. The van der Waals surface area contributed by atoms with Crippen molar-refractivity contribution in [3.05, 3.63) is 64.9 Å². The number of nitrogens with one attached hydrogen (secondary N) is 1. The van der Waals surface area contributed by atoms with Gasteiger partial charge in [0.1, 0.15) is 40.7 Å². The third-order valence-corrected chi connectivity index (χ3v) is 6.93. The molecule has 2 amide bonds. The molecular weight excluding hydrogens is 571 g/mol. The number of benzene rings is 1. The summed E-state index contributed by atoms with van der Waals surface area (Å²) in [6.07, 6.45) is 1.59. The number of carbonyl (C=O) groups is 3. The lowest BCUT2D eigenvalue weighted by Crippen LogP contribution is -2.48. The van der Waals surface area contributed by atoms with Crippen LogP contribution in [0.15, 0.2) is 53.4 Å². The number of ketones is 1. The van der Waals surface area contributed by atoms with Crippen molar-refractivity contribution in [1.29, 1.82) is 0 Å². The maximum atomic E-state index is 15.1. The number of fused-ring (bicyclic) bond motifs is 1. The van der Waals surface area contributed by atoms with Gasteiger partial charge in [0.2, 0.25) is 5.91 Å². The van der Waals surface area contributed by atoms with Crippen LogP contribution in [-0.2, 0) is 16.1 Å². The van der Waals surface area contributed by atoms with Crippen molar-refractivity contribution in [3.8, 4) is 11.1 Å². The molecule has 11 nitrogen and oxygen atoms in total. The number of likely N-dealkylation sites (tertiary alicyclic amines) is 1. The summed E-state index contributed by atoms with van der Waals surface area (Å²) in [6, 6.07) is 7.75. The van der Waals surface area contributed by atoms with Crippen LogP contribution in [0.5, 0.6) is 0 Å². The predicted molar refractivity (Wildman–Crippen MR) is 144 cm³/mol. The van der Waals surface area contributed by atoms with E-state index in [1.165, 1.54) is 11.6 Å². The van der Waals surface area contributed by atoms with Gasteiger partial charge in [-0.3, -0.25) is 19.1 Å². The molecule has 0 spiro atoms. The second-order valence-corrected chi connectivity index (χ2v) is 10.1. The van der Waals surface area contributed by atoms with Gasteiger partial charge in [0, 0.05) is 36.8 Å². The third-order valence-electron chi connectivity index (χ3n) is 6.49. The molecule has 0 bridgehead atoms. The van der Waals surface area contributed by atoms with Gasteiger partial charge >= 0.3 is 0 Å². The molecule has 1 fully saturated rings. The Bertz CT molecular complexity index is 1590. The zero-order valence-corrected chi connectivity index (χ0v) is 22.6. The Morgan fingerprint density at radius 2 is 1.90 bits per heavy atom. The van der Waals surface area contributed by atoms with Gasteiger partial charge in [-0.2, -0.15) is 5.10 Å². The van der Waals surface area contributed by atoms with E-state index in [-0.39, 0.29) is 30.4 Å². The van der Waals surface area contributed by atoms with Crippen LogP contribution < -0.4 is 11.1 Å². The first-order valence-corrected chi connectivity index (χ1v) is 12.8. The smallest absolute Gasteiger partial charge is 0.251 e. The van der Waals surface area contributed by atoms with Crippen LogP contribution in [-0.4, -0.2) is 72.0 Å². The summed E-state index contributed by atoms with van der Waals surface area (Å²) in [4.78, 5) is 52.5. The van der Waals surface area contributed by atoms with E-state index < -0.39 is 30.1 Å². The lowest BCUT2D eigenvalue weighted by atomic mass is 10.0. The van der Waals surface area contributed by atoms with E-state index in [1.54, 1.807) is 49.6 Å². The molecule has 13 heteroatoms. The number of nitrogens with zero attached hydrogens (tertiary/aromatic N) is 6. The lowest BCUT2D eigenvalue weighted by Gasteiger charge is -2.24. The molecule has 1 aromatic carbocycles. The van der Waals surface area contributed by atoms with E-state index in [1.807, 2.05) is 6.07 Å². The number of hydrogen-bond acceptors (Lipinski definition) is 8. The summed E-state index contributed by atoms with van der Waals surface area (Å²) in [6.45, 7) is 2.70. The zero-order valence-electron chi connectivity index (χ0n) is 21.0. The maximum Gasteiger partial charge on any atom is 0.251 e. The zero-order chi connectivity index (χ0) is 27.8. The second kappa shape index (κ2) is 10.6. The van der Waals surface area contributed by atoms with Crippen molar-refractivity contribution in [2.75, 3.05) is 11.9 Å². The van der Waals surface area contributed by atoms with E-state index in [4.69, 9.17) is 5.73 Å². The van der Waals surface area contributed by atoms with Crippen molar-refractivity contribution < 1.29 is 18.8 Å². The Balaban J connectivity index is 1.43. The van der Waals surface area contributed by atoms with Crippen LogP contribution in [0.1, 0.15) is 23.2 Å². The summed E-state index contributed by atoms with van der Waals surface area (Å²) in [5, 5.41) is 7.48.